The van der Waals surface area contributed by atoms with Crippen molar-refractivity contribution in [2.75, 3.05) is 13.2 Å². The Morgan fingerprint density at radius 2 is 1.12 bits per heavy atom. The number of aliphatic hydroxyl groups excluding tert-OH is 5. The highest BCUT2D eigenvalue weighted by Gasteiger charge is 2.51. The third-order valence-electron chi connectivity index (χ3n) is 7.25. The molecule has 1 fully saturated rings. The van der Waals surface area contributed by atoms with Crippen LogP contribution in [0.25, 0.3) is 0 Å². The number of esters is 2. The van der Waals surface area contributed by atoms with Gasteiger partial charge in [0.05, 0.1) is 6.61 Å². The molecular weight excluding hydrogens is 575 g/mol. The van der Waals surface area contributed by atoms with E-state index >= 15 is 0 Å². The van der Waals surface area contributed by atoms with Crippen molar-refractivity contribution < 1.29 is 63.1 Å². The molecule has 6 N–H and O–H groups in total. The molecule has 13 nitrogen and oxygen atoms in total. The second kappa shape index (κ2) is 21.5. The molecule has 248 valence electrons. The van der Waals surface area contributed by atoms with Gasteiger partial charge in [-0.2, -0.15) is 0 Å². The zero-order chi connectivity index (χ0) is 31.5. The zero-order valence-corrected chi connectivity index (χ0v) is 25.9. The number of unbranched alkanes of at least 4 members (excludes halogenated alkanes) is 13. The molecule has 0 aliphatic heterocycles. The van der Waals surface area contributed by atoms with E-state index in [1.807, 2.05) is 0 Å². The van der Waals surface area contributed by atoms with Crippen LogP contribution in [0.15, 0.2) is 0 Å². The van der Waals surface area contributed by atoms with Crippen LogP contribution < -0.4 is 0 Å². The normalized spacial score (nSPS) is 26.4. The predicted octanol–water partition coefficient (Wildman–Crippen LogP) is 2.65. The number of phosphoric acid groups is 1. The molecule has 0 saturated heterocycles. The van der Waals surface area contributed by atoms with Crippen LogP contribution in [0.4, 0.5) is 0 Å². The Labute approximate surface area is 249 Å². The summed E-state index contributed by atoms with van der Waals surface area (Å²) in [5.74, 6) is -1.29. The van der Waals surface area contributed by atoms with Crippen molar-refractivity contribution in [2.24, 2.45) is 0 Å². The first-order chi connectivity index (χ1) is 19.9. The Bertz CT molecular complexity index is 782. The van der Waals surface area contributed by atoms with Crippen molar-refractivity contribution in [2.45, 2.75) is 153 Å². The summed E-state index contributed by atoms with van der Waals surface area (Å²) in [6.45, 7) is 2.12. The Morgan fingerprint density at radius 1 is 0.690 bits per heavy atom. The molecule has 14 heteroatoms. The van der Waals surface area contributed by atoms with Gasteiger partial charge in [0.1, 0.15) is 43.2 Å². The molecule has 8 atom stereocenters. The largest absolute Gasteiger partial charge is 0.472 e. The van der Waals surface area contributed by atoms with Gasteiger partial charge >= 0.3 is 19.8 Å². The summed E-state index contributed by atoms with van der Waals surface area (Å²) in [5.41, 5.74) is 0. The molecule has 0 bridgehead atoms. The maximum Gasteiger partial charge on any atom is 0.472 e. The second-order valence-corrected chi connectivity index (χ2v) is 12.5. The van der Waals surface area contributed by atoms with Crippen LogP contribution in [0.2, 0.25) is 0 Å². The van der Waals surface area contributed by atoms with Crippen molar-refractivity contribution in [3.05, 3.63) is 0 Å². The third kappa shape index (κ3) is 16.1. The molecule has 0 aromatic carbocycles. The number of hydrogen-bond donors (Lipinski definition) is 6. The maximum absolute atomic E-state index is 12.4. The van der Waals surface area contributed by atoms with E-state index in [1.165, 1.54) is 64.2 Å². The molecule has 1 saturated carbocycles. The molecule has 0 aromatic heterocycles. The fourth-order valence-corrected chi connectivity index (χ4v) is 5.73. The molecule has 0 amide bonds. The van der Waals surface area contributed by atoms with Gasteiger partial charge in [0.2, 0.25) is 0 Å². The Balaban J connectivity index is 2.27. The van der Waals surface area contributed by atoms with Crippen molar-refractivity contribution in [1.29, 1.82) is 0 Å². The van der Waals surface area contributed by atoms with Gasteiger partial charge < -0.3 is 39.9 Å². The summed E-state index contributed by atoms with van der Waals surface area (Å²) >= 11 is 0. The van der Waals surface area contributed by atoms with Crippen LogP contribution in [0, 0.1) is 0 Å². The molecule has 42 heavy (non-hydrogen) atoms. The molecule has 0 radical (unpaired) electrons. The highest BCUT2D eigenvalue weighted by atomic mass is 31.2. The first-order valence-electron chi connectivity index (χ1n) is 15.3. The summed E-state index contributed by atoms with van der Waals surface area (Å²) in [7, 11) is -5.05. The zero-order valence-electron chi connectivity index (χ0n) is 25.1. The maximum atomic E-state index is 12.4. The molecule has 0 aromatic rings. The SMILES string of the molecule is CCCCCCCCCCCCCCCCC(=O)OC[C@H](COP(=O)(O)OC1C(O)C(O)C(O)[C@@H](O)C1O)OC(C)=O. The van der Waals surface area contributed by atoms with E-state index in [1.54, 1.807) is 0 Å². The van der Waals surface area contributed by atoms with Crippen LogP contribution in [-0.2, 0) is 32.7 Å². The lowest BCUT2D eigenvalue weighted by Gasteiger charge is -2.41. The Hall–Kier alpha value is -1.15. The number of carbonyl (C=O) groups excluding carboxylic acids is 2. The predicted molar refractivity (Wildman–Crippen MR) is 152 cm³/mol. The van der Waals surface area contributed by atoms with Gasteiger partial charge in [0, 0.05) is 13.3 Å². The van der Waals surface area contributed by atoms with Gasteiger partial charge in [0.25, 0.3) is 0 Å². The topological polar surface area (TPSA) is 210 Å². The molecule has 0 spiro atoms. The van der Waals surface area contributed by atoms with E-state index in [0.29, 0.717) is 6.42 Å². The standard InChI is InChI=1S/C28H53O13P/c1-3-4-5-6-7-8-9-10-11-12-13-14-15-16-17-22(30)38-18-21(40-20(2)29)19-39-42(36,37)41-28-26(34)24(32)23(31)25(33)27(28)35/h21,23-28,31-35H,3-19H2,1-2H3,(H,36,37)/t21-,23?,24-,25?,26?,27?,28?/m1/s1. The van der Waals surface area contributed by atoms with E-state index in [9.17, 15) is 44.6 Å². The number of phosphoric ester groups is 1. The number of ether oxygens (including phenoxy) is 2. The first kappa shape index (κ1) is 38.9. The van der Waals surface area contributed by atoms with E-state index in [0.717, 1.165) is 26.2 Å². The van der Waals surface area contributed by atoms with E-state index in [-0.39, 0.29) is 6.42 Å². The van der Waals surface area contributed by atoms with Crippen LogP contribution in [0.3, 0.4) is 0 Å². The Kier molecular flexibility index (Phi) is 19.9. The summed E-state index contributed by atoms with van der Waals surface area (Å²) in [6, 6.07) is 0. The molecule has 0 heterocycles. The van der Waals surface area contributed by atoms with Crippen molar-refractivity contribution >= 4 is 19.8 Å². The van der Waals surface area contributed by atoms with Crippen LogP contribution >= 0.6 is 7.82 Å². The van der Waals surface area contributed by atoms with Gasteiger partial charge in [-0.25, -0.2) is 4.57 Å². The average molecular weight is 629 g/mol. The summed E-state index contributed by atoms with van der Waals surface area (Å²) in [5, 5.41) is 49.1. The van der Waals surface area contributed by atoms with Gasteiger partial charge in [0.15, 0.2) is 6.10 Å². The number of hydrogen-bond acceptors (Lipinski definition) is 12. The second-order valence-electron chi connectivity index (χ2n) is 11.0. The fourth-order valence-electron chi connectivity index (χ4n) is 4.76. The molecule has 1 rings (SSSR count). The first-order valence-corrected chi connectivity index (χ1v) is 16.8. The van der Waals surface area contributed by atoms with Crippen LogP contribution in [-0.4, -0.2) is 98.3 Å². The van der Waals surface area contributed by atoms with E-state index in [4.69, 9.17) is 18.5 Å². The summed E-state index contributed by atoms with van der Waals surface area (Å²) in [6.07, 6.45) is 3.63. The lowest BCUT2D eigenvalue weighted by Crippen LogP contribution is -2.64. The molecule has 6 unspecified atom stereocenters. The minimum atomic E-state index is -5.05. The van der Waals surface area contributed by atoms with E-state index < -0.39 is 75.7 Å². The fraction of sp³-hybridized carbons (Fsp3) is 0.929. The molecular formula is C28H53O13P. The minimum Gasteiger partial charge on any atom is -0.462 e. The van der Waals surface area contributed by atoms with E-state index in [2.05, 4.69) is 6.92 Å². The summed E-state index contributed by atoms with van der Waals surface area (Å²) in [4.78, 5) is 33.6. The minimum absolute atomic E-state index is 0.168. The average Bonchev–Trinajstić information content (AvgIpc) is 2.94. The molecule has 1 aliphatic rings. The Morgan fingerprint density at radius 3 is 1.57 bits per heavy atom. The number of rotatable bonds is 23. The molecule has 1 aliphatic carbocycles. The highest BCUT2D eigenvalue weighted by molar-refractivity contribution is 7.47. The summed E-state index contributed by atoms with van der Waals surface area (Å²) < 4.78 is 32.0. The van der Waals surface area contributed by atoms with Crippen molar-refractivity contribution in [3.63, 3.8) is 0 Å². The lowest BCUT2D eigenvalue weighted by molar-refractivity contribution is -0.220. The van der Waals surface area contributed by atoms with Gasteiger partial charge in [-0.05, 0) is 6.42 Å². The van der Waals surface area contributed by atoms with Crippen LogP contribution in [0.1, 0.15) is 110 Å². The number of aliphatic hydroxyl groups is 5. The quantitative estimate of drug-likeness (QED) is 0.0547. The number of carbonyl (C=O) groups is 2. The smallest absolute Gasteiger partial charge is 0.462 e. The highest BCUT2D eigenvalue weighted by Crippen LogP contribution is 2.47. The van der Waals surface area contributed by atoms with Crippen molar-refractivity contribution in [3.8, 4) is 0 Å². The van der Waals surface area contributed by atoms with Gasteiger partial charge in [-0.15, -0.1) is 0 Å². The lowest BCUT2D eigenvalue weighted by atomic mass is 9.85. The third-order valence-corrected chi connectivity index (χ3v) is 8.23. The monoisotopic (exact) mass is 628 g/mol. The van der Waals surface area contributed by atoms with Crippen molar-refractivity contribution in [1.82, 2.24) is 0 Å². The van der Waals surface area contributed by atoms with Gasteiger partial charge in [-0.1, -0.05) is 90.4 Å². The van der Waals surface area contributed by atoms with Gasteiger partial charge in [-0.3, -0.25) is 18.6 Å². The van der Waals surface area contributed by atoms with Crippen LogP contribution in [0.5, 0.6) is 0 Å².